The molecule has 174 valence electrons. The first-order valence-corrected chi connectivity index (χ1v) is 10.8. The number of carbonyl (C=O) groups is 1. The zero-order chi connectivity index (χ0) is 23.5. The third kappa shape index (κ3) is 4.43. The highest BCUT2D eigenvalue weighted by Crippen LogP contribution is 2.25. The number of amides is 1. The number of fused-ring (bicyclic) bond motifs is 1. The first kappa shape index (κ1) is 21.5. The van der Waals surface area contributed by atoms with Crippen molar-refractivity contribution in [2.24, 2.45) is 7.05 Å². The minimum absolute atomic E-state index is 0.282. The molecule has 1 saturated heterocycles. The molecule has 4 aromatic heterocycles. The molecule has 2 N–H and O–H groups in total. The molecule has 1 aliphatic heterocycles. The van der Waals surface area contributed by atoms with Crippen LogP contribution in [0.25, 0.3) is 16.9 Å². The van der Waals surface area contributed by atoms with Gasteiger partial charge in [0.25, 0.3) is 0 Å². The molecular formula is C22H24N10O2. The maximum Gasteiger partial charge on any atom is 0.247 e. The van der Waals surface area contributed by atoms with Gasteiger partial charge in [0, 0.05) is 26.3 Å². The topological polar surface area (TPSA) is 128 Å². The summed E-state index contributed by atoms with van der Waals surface area (Å²) in [5.41, 5.74) is 3.57. The fraction of sp³-hybridized carbons (Fsp3) is 0.273. The molecule has 1 aliphatic rings. The van der Waals surface area contributed by atoms with Gasteiger partial charge in [-0.15, -0.1) is 0 Å². The molecule has 4 aromatic rings. The van der Waals surface area contributed by atoms with Crippen molar-refractivity contribution >= 4 is 34.5 Å². The molecule has 0 radical (unpaired) electrons. The number of aryl methyl sites for hydroxylation is 1. The number of ether oxygens (including phenoxy) is 1. The molecule has 0 spiro atoms. The van der Waals surface area contributed by atoms with Gasteiger partial charge in [-0.3, -0.25) is 19.0 Å². The van der Waals surface area contributed by atoms with Crippen LogP contribution in [-0.4, -0.2) is 66.5 Å². The van der Waals surface area contributed by atoms with Crippen molar-refractivity contribution in [2.45, 2.75) is 6.54 Å². The molecule has 1 amide bonds. The number of imidazole rings is 1. The first-order chi connectivity index (χ1) is 16.6. The van der Waals surface area contributed by atoms with Crippen molar-refractivity contribution in [1.82, 2.24) is 34.3 Å². The molecule has 12 nitrogen and oxygen atoms in total. The average molecular weight is 461 g/mol. The number of aromatic nitrogens is 7. The predicted molar refractivity (Wildman–Crippen MR) is 127 cm³/mol. The van der Waals surface area contributed by atoms with Crippen LogP contribution < -0.4 is 15.5 Å². The lowest BCUT2D eigenvalue weighted by atomic mass is 10.3. The van der Waals surface area contributed by atoms with E-state index < -0.39 is 0 Å². The highest BCUT2D eigenvalue weighted by Gasteiger charge is 2.20. The van der Waals surface area contributed by atoms with Crippen LogP contribution in [0.3, 0.4) is 0 Å². The van der Waals surface area contributed by atoms with E-state index in [0.29, 0.717) is 61.5 Å². The fourth-order valence-corrected chi connectivity index (χ4v) is 3.61. The van der Waals surface area contributed by atoms with Crippen LogP contribution >= 0.6 is 0 Å². The summed E-state index contributed by atoms with van der Waals surface area (Å²) < 4.78 is 9.12. The molecule has 12 heteroatoms. The smallest absolute Gasteiger partial charge is 0.247 e. The van der Waals surface area contributed by atoms with E-state index in [0.717, 1.165) is 11.4 Å². The number of morpholine rings is 1. The van der Waals surface area contributed by atoms with Gasteiger partial charge in [0.05, 0.1) is 49.2 Å². The molecule has 0 unspecified atom stereocenters. The van der Waals surface area contributed by atoms with Crippen LogP contribution in [0.5, 0.6) is 0 Å². The number of nitrogens with zero attached hydrogens (tertiary/aromatic N) is 8. The van der Waals surface area contributed by atoms with Crippen LogP contribution in [0.4, 0.5) is 17.5 Å². The maximum atomic E-state index is 11.5. The average Bonchev–Trinajstić information content (AvgIpc) is 3.49. The predicted octanol–water partition coefficient (Wildman–Crippen LogP) is 1.52. The Morgan fingerprint density at radius 2 is 2.06 bits per heavy atom. The van der Waals surface area contributed by atoms with Crippen molar-refractivity contribution in [3.8, 4) is 5.69 Å². The Hall–Kier alpha value is -4.32. The normalized spacial score (nSPS) is 13.7. The summed E-state index contributed by atoms with van der Waals surface area (Å²) >= 11 is 0. The van der Waals surface area contributed by atoms with E-state index in [2.05, 4.69) is 37.2 Å². The summed E-state index contributed by atoms with van der Waals surface area (Å²) in [6.45, 7) is 6.56. The summed E-state index contributed by atoms with van der Waals surface area (Å²) in [5, 5.41) is 10.3. The molecule has 0 atom stereocenters. The van der Waals surface area contributed by atoms with Crippen molar-refractivity contribution in [3.63, 3.8) is 0 Å². The zero-order valence-electron chi connectivity index (χ0n) is 18.7. The zero-order valence-corrected chi connectivity index (χ0v) is 18.7. The summed E-state index contributed by atoms with van der Waals surface area (Å²) in [4.78, 5) is 32.2. The highest BCUT2D eigenvalue weighted by atomic mass is 16.5. The summed E-state index contributed by atoms with van der Waals surface area (Å²) in [6.07, 6.45) is 8.21. The molecule has 0 aliphatic carbocycles. The molecule has 34 heavy (non-hydrogen) atoms. The van der Waals surface area contributed by atoms with Gasteiger partial charge in [-0.25, -0.2) is 4.98 Å². The Labute approximate surface area is 195 Å². The van der Waals surface area contributed by atoms with Gasteiger partial charge in [-0.1, -0.05) is 6.58 Å². The van der Waals surface area contributed by atoms with Crippen molar-refractivity contribution in [2.75, 3.05) is 41.8 Å². The third-order valence-corrected chi connectivity index (χ3v) is 5.36. The Kier molecular flexibility index (Phi) is 5.87. The summed E-state index contributed by atoms with van der Waals surface area (Å²) in [6, 6.07) is 3.62. The summed E-state index contributed by atoms with van der Waals surface area (Å²) in [7, 11) is 1.87. The molecule has 5 rings (SSSR count). The second-order valence-corrected chi connectivity index (χ2v) is 7.72. The Balaban J connectivity index is 1.45. The number of carbonyl (C=O) groups excluding carboxylic acids is 1. The van der Waals surface area contributed by atoms with E-state index >= 15 is 0 Å². The maximum absolute atomic E-state index is 11.5. The first-order valence-electron chi connectivity index (χ1n) is 10.8. The molecule has 0 bridgehead atoms. The Morgan fingerprint density at radius 1 is 1.21 bits per heavy atom. The molecule has 1 fully saturated rings. The van der Waals surface area contributed by atoms with Crippen molar-refractivity contribution in [1.29, 1.82) is 0 Å². The number of rotatable bonds is 7. The van der Waals surface area contributed by atoms with Crippen molar-refractivity contribution in [3.05, 3.63) is 55.4 Å². The van der Waals surface area contributed by atoms with E-state index in [1.54, 1.807) is 29.5 Å². The third-order valence-electron chi connectivity index (χ3n) is 5.36. The molecule has 0 saturated carbocycles. The van der Waals surface area contributed by atoms with Gasteiger partial charge in [-0.05, 0) is 18.2 Å². The lowest BCUT2D eigenvalue weighted by Gasteiger charge is -2.27. The lowest BCUT2D eigenvalue weighted by molar-refractivity contribution is -0.111. The number of hydrogen-bond donors (Lipinski definition) is 2. The van der Waals surface area contributed by atoms with Crippen LogP contribution in [0.1, 0.15) is 5.69 Å². The number of nitrogens with one attached hydrogen (secondary N) is 2. The van der Waals surface area contributed by atoms with Gasteiger partial charge in [0.15, 0.2) is 17.0 Å². The minimum Gasteiger partial charge on any atom is -0.378 e. The van der Waals surface area contributed by atoms with E-state index in [9.17, 15) is 4.79 Å². The second kappa shape index (κ2) is 9.27. The van der Waals surface area contributed by atoms with Crippen LogP contribution in [-0.2, 0) is 23.1 Å². The molecule has 5 heterocycles. The van der Waals surface area contributed by atoms with Gasteiger partial charge >= 0.3 is 0 Å². The van der Waals surface area contributed by atoms with Gasteiger partial charge in [-0.2, -0.15) is 15.1 Å². The highest BCUT2D eigenvalue weighted by molar-refractivity contribution is 5.98. The fourth-order valence-electron chi connectivity index (χ4n) is 3.61. The van der Waals surface area contributed by atoms with E-state index in [1.807, 2.05) is 23.9 Å². The van der Waals surface area contributed by atoms with Gasteiger partial charge < -0.3 is 20.3 Å². The van der Waals surface area contributed by atoms with E-state index in [1.165, 1.54) is 6.08 Å². The Bertz CT molecular complexity index is 1320. The standard InChI is InChI=1S/C22H24N10O2/c1-3-18(33)27-16-5-4-15(23-11-16)10-24-20-19-21(29-22(28-20)31-6-8-34-9-7-31)32(14-25-19)17-12-26-30(2)13-17/h3-5,11-14H,1,6-10H2,2H3,(H,27,33)(H,24,28,29). The SMILES string of the molecule is C=CC(=O)Nc1ccc(CNc2nc(N3CCOCC3)nc3c2ncn3-c2cnn(C)c2)nc1. The number of pyridine rings is 1. The molecular weight excluding hydrogens is 436 g/mol. The summed E-state index contributed by atoms with van der Waals surface area (Å²) in [5.74, 6) is 0.940. The number of hydrogen-bond acceptors (Lipinski definition) is 9. The monoisotopic (exact) mass is 460 g/mol. The molecule has 0 aromatic carbocycles. The van der Waals surface area contributed by atoms with E-state index in [4.69, 9.17) is 14.7 Å². The van der Waals surface area contributed by atoms with Crippen LogP contribution in [0.2, 0.25) is 0 Å². The Morgan fingerprint density at radius 3 is 2.76 bits per heavy atom. The largest absolute Gasteiger partial charge is 0.378 e. The minimum atomic E-state index is -0.282. The van der Waals surface area contributed by atoms with Crippen LogP contribution in [0.15, 0.2) is 49.7 Å². The van der Waals surface area contributed by atoms with Crippen LogP contribution in [0, 0.1) is 0 Å². The van der Waals surface area contributed by atoms with Gasteiger partial charge in [0.2, 0.25) is 11.9 Å². The second-order valence-electron chi connectivity index (χ2n) is 7.72. The lowest BCUT2D eigenvalue weighted by Crippen LogP contribution is -2.37. The number of anilines is 3. The van der Waals surface area contributed by atoms with E-state index in [-0.39, 0.29) is 5.91 Å². The van der Waals surface area contributed by atoms with Crippen molar-refractivity contribution < 1.29 is 9.53 Å². The van der Waals surface area contributed by atoms with Gasteiger partial charge in [0.1, 0.15) is 6.33 Å². The quantitative estimate of drug-likeness (QED) is 0.395.